The van der Waals surface area contributed by atoms with E-state index in [9.17, 15) is 14.7 Å². The van der Waals surface area contributed by atoms with E-state index in [0.717, 1.165) is 9.13 Å². The number of amides is 1. The minimum Gasteiger partial charge on any atom is -0.550 e. The molecule has 1 N–H and O–H groups in total. The van der Waals surface area contributed by atoms with Gasteiger partial charge in [0.1, 0.15) is 0 Å². The van der Waals surface area contributed by atoms with Crippen LogP contribution in [0.15, 0.2) is 54.6 Å². The van der Waals surface area contributed by atoms with Crippen molar-refractivity contribution in [3.05, 3.63) is 63.7 Å². The Bertz CT molecular complexity index is 688. The van der Waals surface area contributed by atoms with Crippen LogP contribution >= 0.6 is 22.6 Å². The van der Waals surface area contributed by atoms with Crippen molar-refractivity contribution in [1.82, 2.24) is 0 Å². The Hall–Kier alpha value is -1.89. The third kappa shape index (κ3) is 4.79. The summed E-state index contributed by atoms with van der Waals surface area (Å²) in [6.07, 6.45) is -0.314. The number of halogens is 1. The van der Waals surface area contributed by atoms with Crippen LogP contribution in [0.4, 0.5) is 5.69 Å². The van der Waals surface area contributed by atoms with E-state index in [1.807, 2.05) is 55.5 Å². The second-order valence-electron chi connectivity index (χ2n) is 5.35. The number of aliphatic carboxylic acids is 1. The van der Waals surface area contributed by atoms with E-state index in [2.05, 4.69) is 27.9 Å². The van der Waals surface area contributed by atoms with Gasteiger partial charge in [-0.3, -0.25) is 4.79 Å². The Morgan fingerprint density at radius 2 is 1.70 bits per heavy atom. The zero-order valence-electron chi connectivity index (χ0n) is 12.7. The predicted molar refractivity (Wildman–Crippen MR) is 95.8 cm³/mol. The number of hydrogen-bond acceptors (Lipinski definition) is 3. The Morgan fingerprint density at radius 3 is 2.30 bits per heavy atom. The summed E-state index contributed by atoms with van der Waals surface area (Å²) in [6.45, 7) is 1.86. The monoisotopic (exact) mass is 422 g/mol. The van der Waals surface area contributed by atoms with Crippen molar-refractivity contribution in [3.8, 4) is 0 Å². The molecule has 2 rings (SSSR count). The molecular formula is C18H17INO3-. The van der Waals surface area contributed by atoms with E-state index >= 15 is 0 Å². The zero-order valence-corrected chi connectivity index (χ0v) is 14.8. The van der Waals surface area contributed by atoms with Crippen molar-refractivity contribution in [3.63, 3.8) is 0 Å². The second-order valence-corrected chi connectivity index (χ2v) is 6.51. The number of carbonyl (C=O) groups excluding carboxylic acids is 2. The molecule has 0 unspecified atom stereocenters. The van der Waals surface area contributed by atoms with Crippen molar-refractivity contribution >= 4 is 40.2 Å². The van der Waals surface area contributed by atoms with Crippen LogP contribution in [-0.4, -0.2) is 11.9 Å². The molecule has 0 aliphatic rings. The van der Waals surface area contributed by atoms with E-state index in [0.29, 0.717) is 5.69 Å². The van der Waals surface area contributed by atoms with Crippen LogP contribution < -0.4 is 10.4 Å². The summed E-state index contributed by atoms with van der Waals surface area (Å²) in [5.41, 5.74) is 1.61. The maximum absolute atomic E-state index is 12.6. The van der Waals surface area contributed by atoms with E-state index in [4.69, 9.17) is 0 Å². The van der Waals surface area contributed by atoms with Gasteiger partial charge in [-0.1, -0.05) is 49.4 Å². The Morgan fingerprint density at radius 1 is 1.09 bits per heavy atom. The quantitative estimate of drug-likeness (QED) is 0.729. The minimum absolute atomic E-state index is 0.226. The van der Waals surface area contributed by atoms with Gasteiger partial charge in [0.05, 0.1) is 11.6 Å². The lowest BCUT2D eigenvalue weighted by molar-refractivity contribution is -0.306. The molecule has 0 spiro atoms. The van der Waals surface area contributed by atoms with Crippen LogP contribution in [0.25, 0.3) is 0 Å². The molecule has 0 saturated carbocycles. The third-order valence-electron chi connectivity index (χ3n) is 3.78. The standard InChI is InChI=1S/C18H18INO3/c1-12(13-7-3-2-4-8-13)14(11-17(21)22)18(23)20-16-10-6-5-9-15(16)19/h2-10,12,14H,11H2,1H3,(H,20,23)(H,21,22)/p-1/t12-,14-/m1/s1. The van der Waals surface area contributed by atoms with Crippen molar-refractivity contribution in [1.29, 1.82) is 0 Å². The summed E-state index contributed by atoms with van der Waals surface area (Å²) in [5.74, 6) is -2.46. The van der Waals surface area contributed by atoms with Gasteiger partial charge in [-0.15, -0.1) is 0 Å². The Kier molecular flexibility index (Phi) is 6.15. The number of rotatable bonds is 6. The van der Waals surface area contributed by atoms with Gasteiger partial charge in [0, 0.05) is 9.54 Å². The van der Waals surface area contributed by atoms with Gasteiger partial charge in [0.25, 0.3) is 0 Å². The molecule has 0 aliphatic carbocycles. The van der Waals surface area contributed by atoms with Crippen LogP contribution in [0.1, 0.15) is 24.8 Å². The van der Waals surface area contributed by atoms with Gasteiger partial charge in [-0.25, -0.2) is 0 Å². The Balaban J connectivity index is 2.22. The van der Waals surface area contributed by atoms with Gasteiger partial charge in [0.15, 0.2) is 0 Å². The normalized spacial score (nSPS) is 13.1. The van der Waals surface area contributed by atoms with Gasteiger partial charge >= 0.3 is 0 Å². The molecule has 23 heavy (non-hydrogen) atoms. The molecular weight excluding hydrogens is 405 g/mol. The highest BCUT2D eigenvalue weighted by Gasteiger charge is 2.26. The lowest BCUT2D eigenvalue weighted by Gasteiger charge is -2.24. The first-order valence-corrected chi connectivity index (χ1v) is 8.37. The average molecular weight is 422 g/mol. The number of benzene rings is 2. The summed E-state index contributed by atoms with van der Waals surface area (Å²) in [7, 11) is 0. The lowest BCUT2D eigenvalue weighted by Crippen LogP contribution is -2.34. The first kappa shape index (κ1) is 17.5. The molecule has 0 bridgehead atoms. The maximum atomic E-state index is 12.6. The molecule has 2 atom stereocenters. The summed E-state index contributed by atoms with van der Waals surface area (Å²) in [6, 6.07) is 16.8. The number of nitrogens with one attached hydrogen (secondary N) is 1. The fourth-order valence-corrected chi connectivity index (χ4v) is 2.98. The highest BCUT2D eigenvalue weighted by Crippen LogP contribution is 2.28. The first-order chi connectivity index (χ1) is 11.0. The van der Waals surface area contributed by atoms with Crippen LogP contribution in [0, 0.1) is 9.49 Å². The predicted octanol–water partition coefficient (Wildman–Crippen LogP) is 2.79. The molecule has 0 aliphatic heterocycles. The molecule has 0 radical (unpaired) electrons. The number of para-hydroxylation sites is 1. The molecule has 0 saturated heterocycles. The molecule has 5 heteroatoms. The minimum atomic E-state index is -1.23. The second kappa shape index (κ2) is 8.10. The van der Waals surface area contributed by atoms with E-state index in [-0.39, 0.29) is 18.2 Å². The van der Waals surface area contributed by atoms with Crippen molar-refractivity contribution in [2.45, 2.75) is 19.3 Å². The van der Waals surface area contributed by atoms with Gasteiger partial charge in [-0.05, 0) is 52.6 Å². The molecule has 0 fully saturated rings. The largest absolute Gasteiger partial charge is 0.550 e. The first-order valence-electron chi connectivity index (χ1n) is 7.29. The molecule has 1 amide bonds. The number of carbonyl (C=O) groups is 2. The summed E-state index contributed by atoms with van der Waals surface area (Å²) in [4.78, 5) is 23.7. The molecule has 2 aromatic carbocycles. The fraction of sp³-hybridized carbons (Fsp3) is 0.222. The van der Waals surface area contributed by atoms with Gasteiger partial charge in [0.2, 0.25) is 5.91 Å². The van der Waals surface area contributed by atoms with Crippen molar-refractivity contribution in [2.75, 3.05) is 5.32 Å². The average Bonchev–Trinajstić information content (AvgIpc) is 2.54. The number of hydrogen-bond donors (Lipinski definition) is 1. The van der Waals surface area contributed by atoms with Crippen molar-refractivity contribution < 1.29 is 14.7 Å². The SMILES string of the molecule is C[C@H](c1ccccc1)[C@@H](CC(=O)[O-])C(=O)Nc1ccccc1I. The lowest BCUT2D eigenvalue weighted by atomic mass is 9.84. The molecule has 120 valence electrons. The number of carboxylic acids is 1. The summed E-state index contributed by atoms with van der Waals surface area (Å²) >= 11 is 2.13. The Labute approximate surface area is 149 Å². The topological polar surface area (TPSA) is 69.2 Å². The van der Waals surface area contributed by atoms with E-state index in [1.165, 1.54) is 0 Å². The highest BCUT2D eigenvalue weighted by molar-refractivity contribution is 14.1. The molecule has 0 aromatic heterocycles. The van der Waals surface area contributed by atoms with Crippen LogP contribution in [-0.2, 0) is 9.59 Å². The third-order valence-corrected chi connectivity index (χ3v) is 4.72. The smallest absolute Gasteiger partial charge is 0.228 e. The van der Waals surface area contributed by atoms with Crippen molar-refractivity contribution in [2.24, 2.45) is 5.92 Å². The molecule has 2 aromatic rings. The fourth-order valence-electron chi connectivity index (χ4n) is 2.45. The number of carboxylic acid groups (broad SMARTS) is 1. The van der Waals surface area contributed by atoms with Crippen LogP contribution in [0.3, 0.4) is 0 Å². The van der Waals surface area contributed by atoms with Gasteiger partial charge < -0.3 is 15.2 Å². The van der Waals surface area contributed by atoms with Crippen LogP contribution in [0.5, 0.6) is 0 Å². The zero-order chi connectivity index (χ0) is 16.8. The van der Waals surface area contributed by atoms with Crippen LogP contribution in [0.2, 0.25) is 0 Å². The van der Waals surface area contributed by atoms with E-state index in [1.54, 1.807) is 6.07 Å². The van der Waals surface area contributed by atoms with E-state index < -0.39 is 11.9 Å². The number of anilines is 1. The maximum Gasteiger partial charge on any atom is 0.228 e. The summed E-state index contributed by atoms with van der Waals surface area (Å²) in [5, 5.41) is 13.9. The summed E-state index contributed by atoms with van der Waals surface area (Å²) < 4.78 is 0.901. The molecule has 0 heterocycles. The highest BCUT2D eigenvalue weighted by atomic mass is 127. The molecule has 4 nitrogen and oxygen atoms in total. The van der Waals surface area contributed by atoms with Gasteiger partial charge in [-0.2, -0.15) is 0 Å².